The minimum absolute atomic E-state index is 0.334. The maximum absolute atomic E-state index is 12.9. The van der Waals surface area contributed by atoms with Crippen LogP contribution in [0, 0.1) is 0 Å². The van der Waals surface area contributed by atoms with Crippen LogP contribution in [0.1, 0.15) is 28.7 Å². The summed E-state index contributed by atoms with van der Waals surface area (Å²) in [6, 6.07) is 9.86. The first-order chi connectivity index (χ1) is 13.5. The van der Waals surface area contributed by atoms with Crippen molar-refractivity contribution >= 4 is 11.3 Å². The lowest BCUT2D eigenvalue weighted by molar-refractivity contribution is -0.137. The summed E-state index contributed by atoms with van der Waals surface area (Å²) < 4.78 is 40.5. The Morgan fingerprint density at radius 3 is 2.75 bits per heavy atom. The third kappa shape index (κ3) is 2.70. The summed E-state index contributed by atoms with van der Waals surface area (Å²) in [6.07, 6.45) is 0.646. The number of rotatable bonds is 2. The number of imidazole rings is 1. The Hall–Kier alpha value is -3.36. The molecule has 0 aromatic carbocycles. The fourth-order valence-corrected chi connectivity index (χ4v) is 3.64. The first-order valence-corrected chi connectivity index (χ1v) is 8.77. The van der Waals surface area contributed by atoms with E-state index >= 15 is 0 Å². The SMILES string of the molecule is FC(F)(F)c1ccc(N2CCc3[nH]cnc3[C@H]2c2cc3ccccn3n2)nc1. The molecule has 0 saturated carbocycles. The number of hydrogen-bond acceptors (Lipinski definition) is 4. The van der Waals surface area contributed by atoms with Gasteiger partial charge in [0.25, 0.3) is 0 Å². The normalized spacial score (nSPS) is 17.1. The first-order valence-electron chi connectivity index (χ1n) is 8.77. The molecule has 5 rings (SSSR count). The minimum atomic E-state index is -4.41. The van der Waals surface area contributed by atoms with Crippen LogP contribution in [-0.2, 0) is 12.6 Å². The van der Waals surface area contributed by atoms with Gasteiger partial charge in [0.1, 0.15) is 11.9 Å². The highest BCUT2D eigenvalue weighted by molar-refractivity contribution is 5.53. The fourth-order valence-electron chi connectivity index (χ4n) is 3.64. The van der Waals surface area contributed by atoms with E-state index in [1.54, 1.807) is 10.8 Å². The summed E-state index contributed by atoms with van der Waals surface area (Å²) in [5, 5.41) is 4.66. The van der Waals surface area contributed by atoms with Gasteiger partial charge in [-0.1, -0.05) is 6.07 Å². The summed E-state index contributed by atoms with van der Waals surface area (Å²) >= 11 is 0. The topological polar surface area (TPSA) is 62.1 Å². The van der Waals surface area contributed by atoms with Gasteiger partial charge in [-0.15, -0.1) is 0 Å². The van der Waals surface area contributed by atoms with Crippen LogP contribution >= 0.6 is 0 Å². The highest BCUT2D eigenvalue weighted by Crippen LogP contribution is 2.37. The highest BCUT2D eigenvalue weighted by Gasteiger charge is 2.35. The number of nitrogens with zero attached hydrogens (tertiary/aromatic N) is 5. The molecule has 0 saturated heterocycles. The molecule has 28 heavy (non-hydrogen) atoms. The average Bonchev–Trinajstić information content (AvgIpc) is 3.33. The van der Waals surface area contributed by atoms with Crippen LogP contribution < -0.4 is 4.90 Å². The zero-order chi connectivity index (χ0) is 19.3. The zero-order valence-electron chi connectivity index (χ0n) is 14.6. The number of anilines is 1. The van der Waals surface area contributed by atoms with Gasteiger partial charge < -0.3 is 9.88 Å². The Bertz CT molecular complexity index is 1100. The molecule has 0 aliphatic carbocycles. The minimum Gasteiger partial charge on any atom is -0.348 e. The van der Waals surface area contributed by atoms with Crippen molar-refractivity contribution in [2.75, 3.05) is 11.4 Å². The second-order valence-corrected chi connectivity index (χ2v) is 6.65. The lowest BCUT2D eigenvalue weighted by Gasteiger charge is -2.34. The van der Waals surface area contributed by atoms with Crippen molar-refractivity contribution in [1.82, 2.24) is 24.6 Å². The molecule has 1 N–H and O–H groups in total. The van der Waals surface area contributed by atoms with E-state index < -0.39 is 11.7 Å². The maximum Gasteiger partial charge on any atom is 0.417 e. The molecule has 0 bridgehead atoms. The van der Waals surface area contributed by atoms with Gasteiger partial charge in [0.2, 0.25) is 0 Å². The van der Waals surface area contributed by atoms with Crippen molar-refractivity contribution in [3.8, 4) is 0 Å². The molecule has 142 valence electrons. The quantitative estimate of drug-likeness (QED) is 0.573. The lowest BCUT2D eigenvalue weighted by atomic mass is 9.99. The summed E-state index contributed by atoms with van der Waals surface area (Å²) in [4.78, 5) is 13.7. The van der Waals surface area contributed by atoms with E-state index in [1.165, 1.54) is 6.07 Å². The Morgan fingerprint density at radius 1 is 1.11 bits per heavy atom. The molecule has 9 heteroatoms. The van der Waals surface area contributed by atoms with Gasteiger partial charge in [0.15, 0.2) is 0 Å². The molecule has 1 atom stereocenters. The molecule has 0 radical (unpaired) electrons. The molecule has 5 heterocycles. The van der Waals surface area contributed by atoms with E-state index in [-0.39, 0.29) is 6.04 Å². The molecule has 1 aliphatic rings. The predicted octanol–water partition coefficient (Wildman–Crippen LogP) is 3.62. The monoisotopic (exact) mass is 384 g/mol. The molecule has 0 spiro atoms. The highest BCUT2D eigenvalue weighted by atomic mass is 19.4. The van der Waals surface area contributed by atoms with Gasteiger partial charge in [-0.05, 0) is 30.3 Å². The number of aromatic amines is 1. The number of nitrogens with one attached hydrogen (secondary N) is 1. The molecule has 0 unspecified atom stereocenters. The second kappa shape index (κ2) is 6.08. The van der Waals surface area contributed by atoms with Crippen molar-refractivity contribution in [3.63, 3.8) is 0 Å². The van der Waals surface area contributed by atoms with E-state index in [0.29, 0.717) is 18.8 Å². The number of alkyl halides is 3. The molecular formula is C19H15F3N6. The van der Waals surface area contributed by atoms with E-state index in [9.17, 15) is 13.2 Å². The number of pyridine rings is 2. The second-order valence-electron chi connectivity index (χ2n) is 6.65. The molecule has 6 nitrogen and oxygen atoms in total. The van der Waals surface area contributed by atoms with Crippen LogP contribution in [0.3, 0.4) is 0 Å². The lowest BCUT2D eigenvalue weighted by Crippen LogP contribution is -2.37. The molecular weight excluding hydrogens is 369 g/mol. The predicted molar refractivity (Wildman–Crippen MR) is 95.9 cm³/mol. The number of halogens is 3. The Labute approximate surface area is 157 Å². The summed E-state index contributed by atoms with van der Waals surface area (Å²) in [5.41, 5.74) is 2.75. The van der Waals surface area contributed by atoms with Crippen molar-refractivity contribution in [1.29, 1.82) is 0 Å². The van der Waals surface area contributed by atoms with Crippen molar-refractivity contribution in [3.05, 3.63) is 77.8 Å². The molecule has 0 fully saturated rings. The maximum atomic E-state index is 12.9. The largest absolute Gasteiger partial charge is 0.417 e. The van der Waals surface area contributed by atoms with Gasteiger partial charge in [0, 0.05) is 31.1 Å². The number of H-pyrrole nitrogens is 1. The number of hydrogen-bond donors (Lipinski definition) is 1. The number of aromatic nitrogens is 5. The fraction of sp³-hybridized carbons (Fsp3) is 0.211. The first kappa shape index (κ1) is 16.8. The van der Waals surface area contributed by atoms with Crippen molar-refractivity contribution in [2.45, 2.75) is 18.6 Å². The summed E-state index contributed by atoms with van der Waals surface area (Å²) in [7, 11) is 0. The molecule has 0 amide bonds. The van der Waals surface area contributed by atoms with Crippen LogP contribution in [-0.4, -0.2) is 31.1 Å². The number of fused-ring (bicyclic) bond motifs is 2. The van der Waals surface area contributed by atoms with Crippen LogP contribution in [0.5, 0.6) is 0 Å². The van der Waals surface area contributed by atoms with Crippen molar-refractivity contribution < 1.29 is 13.2 Å². The third-order valence-corrected chi connectivity index (χ3v) is 4.96. The molecule has 1 aliphatic heterocycles. The molecule has 4 aromatic heterocycles. The van der Waals surface area contributed by atoms with E-state index in [1.807, 2.05) is 35.4 Å². The summed E-state index contributed by atoms with van der Waals surface area (Å²) in [5.74, 6) is 0.462. The van der Waals surface area contributed by atoms with Gasteiger partial charge in [-0.3, -0.25) is 0 Å². The molecule has 4 aromatic rings. The van der Waals surface area contributed by atoms with Gasteiger partial charge in [-0.2, -0.15) is 18.3 Å². The van der Waals surface area contributed by atoms with Gasteiger partial charge in [-0.25, -0.2) is 14.5 Å². The van der Waals surface area contributed by atoms with E-state index in [4.69, 9.17) is 0 Å². The average molecular weight is 384 g/mol. The smallest absolute Gasteiger partial charge is 0.348 e. The van der Waals surface area contributed by atoms with Gasteiger partial charge in [0.05, 0.1) is 28.8 Å². The van der Waals surface area contributed by atoms with Crippen LogP contribution in [0.25, 0.3) is 5.52 Å². The Kier molecular flexibility index (Phi) is 3.65. The zero-order valence-corrected chi connectivity index (χ0v) is 14.6. The van der Waals surface area contributed by atoms with Gasteiger partial charge >= 0.3 is 6.18 Å². The summed E-state index contributed by atoms with van der Waals surface area (Å²) in [6.45, 7) is 0.589. The van der Waals surface area contributed by atoms with E-state index in [2.05, 4.69) is 20.1 Å². The Morgan fingerprint density at radius 2 is 2.00 bits per heavy atom. The van der Waals surface area contributed by atoms with Crippen LogP contribution in [0.4, 0.5) is 19.0 Å². The third-order valence-electron chi connectivity index (χ3n) is 4.96. The Balaban J connectivity index is 1.60. The van der Waals surface area contributed by atoms with Crippen LogP contribution in [0.2, 0.25) is 0 Å². The van der Waals surface area contributed by atoms with Crippen LogP contribution in [0.15, 0.2) is 55.1 Å². The van der Waals surface area contributed by atoms with Crippen molar-refractivity contribution in [2.24, 2.45) is 0 Å². The standard InChI is InChI=1S/C19H15F3N6/c20-19(21,22)12-4-5-16(23-10-12)27-8-6-14-17(25-11-24-14)18(27)15-9-13-3-1-2-7-28(13)26-15/h1-5,7,9-11,18H,6,8H2,(H,24,25)/t18-/m1/s1. The van der Waals surface area contributed by atoms with E-state index in [0.717, 1.165) is 34.9 Å².